The zero-order chi connectivity index (χ0) is 16.7. The summed E-state index contributed by atoms with van der Waals surface area (Å²) in [5.41, 5.74) is 1.32. The van der Waals surface area contributed by atoms with Crippen LogP contribution in [-0.2, 0) is 4.74 Å². The highest BCUT2D eigenvalue weighted by Gasteiger charge is 2.38. The number of aromatic nitrogens is 1. The number of carbonyl (C=O) groups excluding carboxylic acids is 1. The minimum absolute atomic E-state index is 0.0543. The third-order valence-corrected chi connectivity index (χ3v) is 5.71. The minimum atomic E-state index is 0.0543. The summed E-state index contributed by atoms with van der Waals surface area (Å²) >= 11 is 0. The van der Waals surface area contributed by atoms with Crippen molar-refractivity contribution in [2.75, 3.05) is 32.8 Å². The van der Waals surface area contributed by atoms with Crippen LogP contribution in [-0.4, -0.2) is 65.8 Å². The Labute approximate surface area is 143 Å². The molecule has 0 bridgehead atoms. The molecule has 0 N–H and O–H groups in total. The summed E-state index contributed by atoms with van der Waals surface area (Å²) in [5, 5.41) is 3.92. The molecule has 1 aromatic rings. The highest BCUT2D eigenvalue weighted by atomic mass is 16.5. The fraction of sp³-hybridized carbons (Fsp3) is 0.778. The number of hydrogen-bond donors (Lipinski definition) is 0. The smallest absolute Gasteiger partial charge is 0.259 e. The summed E-state index contributed by atoms with van der Waals surface area (Å²) in [5.74, 6) is 1.57. The Bertz CT molecular complexity index is 591. The molecule has 6 nitrogen and oxygen atoms in total. The molecule has 2 saturated heterocycles. The molecular formula is C18H27N3O3. The first-order valence-electron chi connectivity index (χ1n) is 9.21. The van der Waals surface area contributed by atoms with Crippen LogP contribution < -0.4 is 0 Å². The quantitative estimate of drug-likeness (QED) is 0.847. The fourth-order valence-corrected chi connectivity index (χ4v) is 4.17. The third-order valence-electron chi connectivity index (χ3n) is 5.71. The molecule has 1 aliphatic carbocycles. The van der Waals surface area contributed by atoms with E-state index in [-0.39, 0.29) is 12.0 Å². The van der Waals surface area contributed by atoms with Crippen molar-refractivity contribution in [2.24, 2.45) is 5.92 Å². The van der Waals surface area contributed by atoms with Gasteiger partial charge in [0.2, 0.25) is 0 Å². The van der Waals surface area contributed by atoms with Crippen LogP contribution in [0.25, 0.3) is 0 Å². The lowest BCUT2D eigenvalue weighted by Crippen LogP contribution is -2.51. The van der Waals surface area contributed by atoms with Crippen LogP contribution in [0.5, 0.6) is 0 Å². The molecule has 24 heavy (non-hydrogen) atoms. The molecule has 0 spiro atoms. The van der Waals surface area contributed by atoms with Crippen molar-refractivity contribution in [1.29, 1.82) is 0 Å². The first-order valence-corrected chi connectivity index (χ1v) is 9.21. The van der Waals surface area contributed by atoms with Gasteiger partial charge in [-0.1, -0.05) is 5.16 Å². The van der Waals surface area contributed by atoms with Gasteiger partial charge in [0.25, 0.3) is 5.91 Å². The van der Waals surface area contributed by atoms with E-state index in [0.717, 1.165) is 45.0 Å². The minimum Gasteiger partial charge on any atom is -0.375 e. The second-order valence-corrected chi connectivity index (χ2v) is 7.48. The van der Waals surface area contributed by atoms with Crippen molar-refractivity contribution >= 4 is 5.91 Å². The molecule has 2 aliphatic heterocycles. The van der Waals surface area contributed by atoms with Gasteiger partial charge in [-0.05, 0) is 45.4 Å². The van der Waals surface area contributed by atoms with E-state index < -0.39 is 0 Å². The second-order valence-electron chi connectivity index (χ2n) is 7.48. The Balaban J connectivity index is 1.46. The SMILES string of the molecule is Cc1noc(C)c1C(=O)N1CCC2OCCN(CC3CC3)C2CC1. The van der Waals surface area contributed by atoms with Gasteiger partial charge < -0.3 is 14.2 Å². The van der Waals surface area contributed by atoms with E-state index >= 15 is 0 Å². The van der Waals surface area contributed by atoms with Crippen LogP contribution >= 0.6 is 0 Å². The van der Waals surface area contributed by atoms with E-state index in [0.29, 0.717) is 23.1 Å². The van der Waals surface area contributed by atoms with Crippen LogP contribution in [0.3, 0.4) is 0 Å². The molecule has 2 atom stereocenters. The molecule has 3 aliphatic rings. The molecule has 1 aromatic heterocycles. The Hall–Kier alpha value is -1.40. The predicted octanol–water partition coefficient (Wildman–Crippen LogP) is 2.01. The Kier molecular flexibility index (Phi) is 4.35. The number of carbonyl (C=O) groups is 1. The zero-order valence-corrected chi connectivity index (χ0v) is 14.7. The van der Waals surface area contributed by atoms with Gasteiger partial charge in [-0.25, -0.2) is 0 Å². The van der Waals surface area contributed by atoms with Crippen LogP contribution in [0.1, 0.15) is 47.5 Å². The Morgan fingerprint density at radius 2 is 1.96 bits per heavy atom. The molecule has 3 fully saturated rings. The summed E-state index contributed by atoms with van der Waals surface area (Å²) in [7, 11) is 0. The normalized spacial score (nSPS) is 28.5. The summed E-state index contributed by atoms with van der Waals surface area (Å²) in [4.78, 5) is 17.5. The largest absolute Gasteiger partial charge is 0.375 e. The van der Waals surface area contributed by atoms with E-state index in [4.69, 9.17) is 9.26 Å². The number of fused-ring (bicyclic) bond motifs is 1. The second kappa shape index (κ2) is 6.48. The summed E-state index contributed by atoms with van der Waals surface area (Å²) in [6.07, 6.45) is 4.93. The number of ether oxygens (including phenoxy) is 1. The molecule has 3 heterocycles. The molecule has 0 radical (unpaired) electrons. The van der Waals surface area contributed by atoms with Gasteiger partial charge in [-0.2, -0.15) is 0 Å². The summed E-state index contributed by atoms with van der Waals surface area (Å²) < 4.78 is 11.2. The lowest BCUT2D eigenvalue weighted by molar-refractivity contribution is -0.0727. The number of nitrogens with zero attached hydrogens (tertiary/aromatic N) is 3. The van der Waals surface area contributed by atoms with E-state index in [9.17, 15) is 4.79 Å². The number of likely N-dealkylation sites (tertiary alicyclic amines) is 1. The molecule has 1 amide bonds. The number of aryl methyl sites for hydroxylation is 2. The summed E-state index contributed by atoms with van der Waals surface area (Å²) in [6, 6.07) is 0.460. The standard InChI is InChI=1S/C18H27N3O3/c1-12-17(13(2)24-19-12)18(22)20-7-5-15-16(6-8-20)23-10-9-21(15)11-14-3-4-14/h14-16H,3-11H2,1-2H3. The van der Waals surface area contributed by atoms with Crippen molar-refractivity contribution in [1.82, 2.24) is 15.0 Å². The lowest BCUT2D eigenvalue weighted by Gasteiger charge is -2.40. The number of rotatable bonds is 3. The van der Waals surface area contributed by atoms with E-state index in [1.807, 2.05) is 18.7 Å². The third kappa shape index (κ3) is 3.09. The first-order chi connectivity index (χ1) is 11.6. The summed E-state index contributed by atoms with van der Waals surface area (Å²) in [6.45, 7) is 8.26. The van der Waals surface area contributed by atoms with Crippen molar-refractivity contribution < 1.29 is 14.1 Å². The van der Waals surface area contributed by atoms with Crippen LogP contribution in [0.4, 0.5) is 0 Å². The molecule has 2 unspecified atom stereocenters. The molecule has 132 valence electrons. The maximum atomic E-state index is 12.9. The Morgan fingerprint density at radius 3 is 2.67 bits per heavy atom. The van der Waals surface area contributed by atoms with Gasteiger partial charge in [-0.3, -0.25) is 9.69 Å². The maximum absolute atomic E-state index is 12.9. The van der Waals surface area contributed by atoms with Gasteiger partial charge in [0.05, 0.1) is 18.4 Å². The van der Waals surface area contributed by atoms with Crippen LogP contribution in [0.15, 0.2) is 4.52 Å². The molecule has 1 saturated carbocycles. The lowest BCUT2D eigenvalue weighted by atomic mass is 10.0. The average Bonchev–Trinajstić information content (AvgIpc) is 3.34. The molecular weight excluding hydrogens is 306 g/mol. The van der Waals surface area contributed by atoms with Gasteiger partial charge in [0.15, 0.2) is 0 Å². The van der Waals surface area contributed by atoms with Crippen LogP contribution in [0.2, 0.25) is 0 Å². The van der Waals surface area contributed by atoms with Crippen molar-refractivity contribution in [3.8, 4) is 0 Å². The fourth-order valence-electron chi connectivity index (χ4n) is 4.17. The van der Waals surface area contributed by atoms with Crippen molar-refractivity contribution in [3.63, 3.8) is 0 Å². The maximum Gasteiger partial charge on any atom is 0.259 e. The molecule has 0 aromatic carbocycles. The topological polar surface area (TPSA) is 58.8 Å². The van der Waals surface area contributed by atoms with Crippen LogP contribution in [0, 0.1) is 19.8 Å². The number of amides is 1. The Morgan fingerprint density at radius 1 is 1.17 bits per heavy atom. The number of morpholine rings is 1. The van der Waals surface area contributed by atoms with Crippen molar-refractivity contribution in [2.45, 2.75) is 51.7 Å². The van der Waals surface area contributed by atoms with Crippen molar-refractivity contribution in [3.05, 3.63) is 17.0 Å². The first kappa shape index (κ1) is 16.1. The molecule has 6 heteroatoms. The van der Waals surface area contributed by atoms with Gasteiger partial charge in [-0.15, -0.1) is 0 Å². The highest BCUT2D eigenvalue weighted by molar-refractivity contribution is 5.96. The number of hydrogen-bond acceptors (Lipinski definition) is 5. The predicted molar refractivity (Wildman–Crippen MR) is 88.9 cm³/mol. The van der Waals surface area contributed by atoms with Gasteiger partial charge >= 0.3 is 0 Å². The van der Waals surface area contributed by atoms with E-state index in [1.165, 1.54) is 19.4 Å². The highest BCUT2D eigenvalue weighted by Crippen LogP contribution is 2.33. The van der Waals surface area contributed by atoms with E-state index in [1.54, 1.807) is 0 Å². The molecule has 4 rings (SSSR count). The van der Waals surface area contributed by atoms with Gasteiger partial charge in [0.1, 0.15) is 11.3 Å². The zero-order valence-electron chi connectivity index (χ0n) is 14.7. The monoisotopic (exact) mass is 333 g/mol. The van der Waals surface area contributed by atoms with Gasteiger partial charge in [0, 0.05) is 32.2 Å². The van der Waals surface area contributed by atoms with E-state index in [2.05, 4.69) is 10.1 Å². The average molecular weight is 333 g/mol.